The van der Waals surface area contributed by atoms with E-state index in [0.29, 0.717) is 0 Å². The van der Waals surface area contributed by atoms with Crippen LogP contribution in [0.1, 0.15) is 6.92 Å². The van der Waals surface area contributed by atoms with Gasteiger partial charge in [0.25, 0.3) is 5.91 Å². The molecule has 0 bridgehead atoms. The summed E-state index contributed by atoms with van der Waals surface area (Å²) in [6.45, 7) is 1.30. The maximum atomic E-state index is 10.8. The van der Waals surface area contributed by atoms with Gasteiger partial charge in [0.2, 0.25) is 0 Å². The van der Waals surface area contributed by atoms with Crippen LogP contribution in [0.2, 0.25) is 0 Å². The normalized spacial score (nSPS) is 13.2. The molecule has 1 unspecified atom stereocenters. The third-order valence-electron chi connectivity index (χ3n) is 0.936. The lowest BCUT2D eigenvalue weighted by molar-refractivity contribution is -0.120. The first-order valence-electron chi connectivity index (χ1n) is 3.04. The Morgan fingerprint density at radius 1 is 1.46 bits per heavy atom. The molecule has 5 nitrogen and oxygen atoms in total. The Morgan fingerprint density at radius 3 is 2.23 bits per heavy atom. The van der Waals surface area contributed by atoms with Crippen molar-refractivity contribution in [3.63, 3.8) is 0 Å². The van der Waals surface area contributed by atoms with E-state index in [9.17, 15) is 9.59 Å². The van der Waals surface area contributed by atoms with Gasteiger partial charge in [0.1, 0.15) is 6.04 Å². The minimum atomic E-state index is -2.17. The minimum Gasteiger partial charge on any atom is -0.398 e. The van der Waals surface area contributed by atoms with Gasteiger partial charge in [-0.1, -0.05) is 0 Å². The summed E-state index contributed by atoms with van der Waals surface area (Å²) in [4.78, 5) is 21.1. The van der Waals surface area contributed by atoms with Gasteiger partial charge < -0.3 is 10.1 Å². The highest BCUT2D eigenvalue weighted by Gasteiger charge is 2.26. The van der Waals surface area contributed by atoms with Gasteiger partial charge in [0.15, 0.2) is 0 Å². The molecule has 0 saturated heterocycles. The number of hydrogen-bond acceptors (Lipinski definition) is 3. The van der Waals surface area contributed by atoms with Crippen molar-refractivity contribution in [2.45, 2.75) is 16.9 Å². The van der Waals surface area contributed by atoms with Crippen LogP contribution in [0.3, 0.4) is 0 Å². The van der Waals surface area contributed by atoms with E-state index in [1.807, 2.05) is 5.32 Å². The molecule has 0 aromatic rings. The molecule has 0 fully saturated rings. The number of carbonyl (C=O) groups excluding carboxylic acids is 2. The molecular weight excluding hydrogens is 242 g/mol. The second-order valence-electron chi connectivity index (χ2n) is 2.07. The van der Waals surface area contributed by atoms with E-state index in [1.54, 1.807) is 0 Å². The Morgan fingerprint density at radius 2 is 1.92 bits per heavy atom. The van der Waals surface area contributed by atoms with E-state index in [-0.39, 0.29) is 0 Å². The molecule has 8 heteroatoms. The number of amides is 2. The first-order valence-corrected chi connectivity index (χ1v) is 4.17. The summed E-state index contributed by atoms with van der Waals surface area (Å²) in [6, 6.07) is -1.00. The maximum Gasteiger partial charge on any atom is 0.411 e. The fourth-order valence-electron chi connectivity index (χ4n) is 0.377. The number of alkyl halides is 3. The van der Waals surface area contributed by atoms with Gasteiger partial charge in [-0.05, 0) is 41.7 Å². The topological polar surface area (TPSA) is 79.2 Å². The van der Waals surface area contributed by atoms with Crippen molar-refractivity contribution >= 4 is 46.8 Å². The highest BCUT2D eigenvalue weighted by molar-refractivity contribution is 6.66. The maximum absolute atomic E-state index is 10.8. The Kier molecular flexibility index (Phi) is 4.60. The van der Waals surface area contributed by atoms with E-state index in [4.69, 9.17) is 40.5 Å². The van der Waals surface area contributed by atoms with E-state index in [2.05, 4.69) is 4.74 Å². The third-order valence-corrected chi connectivity index (χ3v) is 1.17. The second-order valence-corrected chi connectivity index (χ2v) is 4.24. The van der Waals surface area contributed by atoms with Gasteiger partial charge in [0, 0.05) is 0 Å². The predicted octanol–water partition coefficient (Wildman–Crippen LogP) is 1.24. The van der Waals surface area contributed by atoms with Gasteiger partial charge in [-0.3, -0.25) is 10.5 Å². The number of alkyl carbamates (subject to hydrolysis) is 1. The van der Waals surface area contributed by atoms with E-state index in [0.717, 1.165) is 0 Å². The molecule has 2 N–H and O–H groups in total. The summed E-state index contributed by atoms with van der Waals surface area (Å²) < 4.78 is 2.00. The largest absolute Gasteiger partial charge is 0.411 e. The SMILES string of the molecule is CC(NC(=O)OC(Cl)(Cl)Cl)C([NH])=O. The van der Waals surface area contributed by atoms with E-state index in [1.165, 1.54) is 6.92 Å². The van der Waals surface area contributed by atoms with E-state index < -0.39 is 22.0 Å². The van der Waals surface area contributed by atoms with Crippen LogP contribution in [-0.2, 0) is 9.53 Å². The van der Waals surface area contributed by atoms with Crippen LogP contribution in [-0.4, -0.2) is 22.0 Å². The first kappa shape index (κ1) is 12.6. The van der Waals surface area contributed by atoms with Crippen molar-refractivity contribution in [3.05, 3.63) is 0 Å². The fourth-order valence-corrected chi connectivity index (χ4v) is 0.587. The van der Waals surface area contributed by atoms with Gasteiger partial charge in [-0.15, -0.1) is 0 Å². The first-order chi connectivity index (χ1) is 5.72. The third kappa shape index (κ3) is 6.74. The highest BCUT2D eigenvalue weighted by atomic mass is 35.6. The smallest absolute Gasteiger partial charge is 0.398 e. The standard InChI is InChI=1S/C5H6Cl3N2O3/c1-2(3(9)11)10-4(12)13-5(6,7)8/h2,9H,1H3,(H,10,12). The molecule has 2 amide bonds. The monoisotopic (exact) mass is 247 g/mol. The van der Waals surface area contributed by atoms with Gasteiger partial charge >= 0.3 is 10.1 Å². The van der Waals surface area contributed by atoms with Crippen molar-refractivity contribution in [3.8, 4) is 0 Å². The summed E-state index contributed by atoms with van der Waals surface area (Å²) >= 11 is 15.3. The van der Waals surface area contributed by atoms with Crippen LogP contribution in [0, 0.1) is 0 Å². The Labute approximate surface area is 89.4 Å². The Hall–Kier alpha value is -0.390. The molecule has 1 radical (unpaired) electrons. The molecule has 0 rings (SSSR count). The molecule has 0 spiro atoms. The van der Waals surface area contributed by atoms with Crippen LogP contribution in [0.15, 0.2) is 0 Å². The van der Waals surface area contributed by atoms with Crippen LogP contribution in [0.4, 0.5) is 4.79 Å². The zero-order valence-electron chi connectivity index (χ0n) is 6.44. The van der Waals surface area contributed by atoms with Crippen LogP contribution < -0.4 is 11.1 Å². The van der Waals surface area contributed by atoms with Crippen molar-refractivity contribution in [2.24, 2.45) is 0 Å². The molecule has 0 heterocycles. The molecule has 0 aromatic carbocycles. The predicted molar refractivity (Wildman–Crippen MR) is 47.5 cm³/mol. The lowest BCUT2D eigenvalue weighted by Gasteiger charge is -2.14. The molecule has 0 aliphatic rings. The van der Waals surface area contributed by atoms with Crippen LogP contribution >= 0.6 is 34.8 Å². The number of ether oxygens (including phenoxy) is 1. The van der Waals surface area contributed by atoms with Gasteiger partial charge in [-0.2, -0.15) is 0 Å². The molecule has 75 valence electrons. The molecule has 13 heavy (non-hydrogen) atoms. The molecular formula is C5H6Cl3N2O3. The zero-order valence-corrected chi connectivity index (χ0v) is 8.70. The summed E-state index contributed by atoms with van der Waals surface area (Å²) in [5, 5.41) is 1.98. The molecule has 0 aliphatic heterocycles. The number of hydrogen-bond donors (Lipinski definition) is 1. The molecule has 0 aromatic heterocycles. The van der Waals surface area contributed by atoms with Crippen molar-refractivity contribution < 1.29 is 14.3 Å². The Balaban J connectivity index is 3.96. The summed E-state index contributed by atoms with van der Waals surface area (Å²) in [5.41, 5.74) is 6.60. The number of rotatable bonds is 2. The number of carbonyl (C=O) groups is 2. The highest BCUT2D eigenvalue weighted by Crippen LogP contribution is 2.27. The van der Waals surface area contributed by atoms with Crippen molar-refractivity contribution in [2.75, 3.05) is 0 Å². The van der Waals surface area contributed by atoms with Gasteiger partial charge in [-0.25, -0.2) is 4.79 Å². The summed E-state index contributed by atoms with van der Waals surface area (Å²) in [6.07, 6.45) is -1.08. The summed E-state index contributed by atoms with van der Waals surface area (Å²) in [5.74, 6) is -0.971. The second kappa shape index (κ2) is 4.74. The lowest BCUT2D eigenvalue weighted by Crippen LogP contribution is -2.40. The zero-order chi connectivity index (χ0) is 10.6. The lowest BCUT2D eigenvalue weighted by atomic mass is 10.3. The minimum absolute atomic E-state index is 0.971. The average Bonchev–Trinajstić information content (AvgIpc) is 1.81. The summed E-state index contributed by atoms with van der Waals surface area (Å²) in [7, 11) is 0. The van der Waals surface area contributed by atoms with Gasteiger partial charge in [0.05, 0.1) is 0 Å². The average molecular weight is 248 g/mol. The Bertz CT molecular complexity index is 216. The number of halogens is 3. The number of nitrogens with one attached hydrogen (secondary N) is 2. The quantitative estimate of drug-likeness (QED) is 0.747. The molecule has 1 atom stereocenters. The molecule has 0 saturated carbocycles. The molecule has 0 aliphatic carbocycles. The van der Waals surface area contributed by atoms with Crippen LogP contribution in [0.5, 0.6) is 0 Å². The van der Waals surface area contributed by atoms with Crippen LogP contribution in [0.25, 0.3) is 0 Å². The fraction of sp³-hybridized carbons (Fsp3) is 0.600. The van der Waals surface area contributed by atoms with E-state index >= 15 is 0 Å². The van der Waals surface area contributed by atoms with Crippen molar-refractivity contribution in [1.29, 1.82) is 0 Å². The van der Waals surface area contributed by atoms with Crippen molar-refractivity contribution in [1.82, 2.24) is 11.1 Å².